The third-order valence-electron chi connectivity index (χ3n) is 2.99. The number of hydrogen-bond acceptors (Lipinski definition) is 4. The van der Waals surface area contributed by atoms with E-state index in [9.17, 15) is 9.18 Å². The molecule has 0 aliphatic carbocycles. The fourth-order valence-electron chi connectivity index (χ4n) is 1.92. The van der Waals surface area contributed by atoms with Crippen molar-refractivity contribution in [3.8, 4) is 5.75 Å². The van der Waals surface area contributed by atoms with Crippen molar-refractivity contribution in [1.82, 2.24) is 0 Å². The lowest BCUT2D eigenvalue weighted by Crippen LogP contribution is -2.24. The van der Waals surface area contributed by atoms with Crippen LogP contribution in [-0.2, 0) is 9.47 Å². The van der Waals surface area contributed by atoms with Crippen LogP contribution in [0.1, 0.15) is 29.6 Å². The number of aldehydes is 1. The molecule has 1 unspecified atom stereocenters. The van der Waals surface area contributed by atoms with Crippen molar-refractivity contribution in [2.24, 2.45) is 0 Å². The van der Waals surface area contributed by atoms with Crippen LogP contribution in [0.25, 0.3) is 0 Å². The van der Waals surface area contributed by atoms with Gasteiger partial charge in [0.2, 0.25) is 0 Å². The first kappa shape index (κ1) is 15.4. The second-order valence-electron chi connectivity index (χ2n) is 4.41. The van der Waals surface area contributed by atoms with Crippen LogP contribution in [0, 0.1) is 5.82 Å². The van der Waals surface area contributed by atoms with E-state index in [2.05, 4.69) is 15.9 Å². The molecule has 0 aromatic heterocycles. The Morgan fingerprint density at radius 3 is 2.95 bits per heavy atom. The SMILES string of the molecule is O=Cc1ccc(OCCOC2CCCCO2)c(F)c1Br. The van der Waals surface area contributed by atoms with Gasteiger partial charge in [-0.05, 0) is 47.3 Å². The van der Waals surface area contributed by atoms with Crippen LogP contribution in [0.4, 0.5) is 4.39 Å². The topological polar surface area (TPSA) is 44.8 Å². The zero-order chi connectivity index (χ0) is 14.4. The summed E-state index contributed by atoms with van der Waals surface area (Å²) in [6.45, 7) is 1.28. The van der Waals surface area contributed by atoms with E-state index >= 15 is 0 Å². The standard InChI is InChI=1S/C14H16BrFO4/c15-13-10(9-17)4-5-11(14(13)16)18-7-8-20-12-3-1-2-6-19-12/h4-5,9,12H,1-3,6-8H2. The molecule has 110 valence electrons. The summed E-state index contributed by atoms with van der Waals surface area (Å²) in [7, 11) is 0. The lowest BCUT2D eigenvalue weighted by molar-refractivity contribution is -0.165. The molecule has 1 aromatic carbocycles. The molecule has 4 nitrogen and oxygen atoms in total. The van der Waals surface area contributed by atoms with Crippen LogP contribution in [-0.4, -0.2) is 32.4 Å². The Kier molecular flexibility index (Phi) is 5.94. The molecule has 1 atom stereocenters. The highest BCUT2D eigenvalue weighted by molar-refractivity contribution is 9.10. The summed E-state index contributed by atoms with van der Waals surface area (Å²) in [6.07, 6.45) is 3.45. The minimum atomic E-state index is -0.580. The maximum atomic E-state index is 13.8. The highest BCUT2D eigenvalue weighted by atomic mass is 79.9. The number of halogens is 2. The Balaban J connectivity index is 1.79. The van der Waals surface area contributed by atoms with Gasteiger partial charge in [0.05, 0.1) is 11.1 Å². The maximum Gasteiger partial charge on any atom is 0.179 e. The van der Waals surface area contributed by atoms with Gasteiger partial charge in [0.25, 0.3) is 0 Å². The van der Waals surface area contributed by atoms with Crippen LogP contribution in [0.15, 0.2) is 16.6 Å². The molecule has 6 heteroatoms. The van der Waals surface area contributed by atoms with E-state index in [1.165, 1.54) is 12.1 Å². The Bertz CT molecular complexity index is 461. The van der Waals surface area contributed by atoms with E-state index in [1.54, 1.807) is 0 Å². The van der Waals surface area contributed by atoms with Gasteiger partial charge in [0.1, 0.15) is 6.61 Å². The molecular weight excluding hydrogens is 331 g/mol. The van der Waals surface area contributed by atoms with Crippen LogP contribution in [0.5, 0.6) is 5.75 Å². The molecule has 20 heavy (non-hydrogen) atoms. The molecule has 0 spiro atoms. The summed E-state index contributed by atoms with van der Waals surface area (Å²) in [4.78, 5) is 10.7. The normalized spacial score (nSPS) is 18.8. The zero-order valence-corrected chi connectivity index (χ0v) is 12.5. The first-order valence-corrected chi connectivity index (χ1v) is 7.31. The van der Waals surface area contributed by atoms with Crippen molar-refractivity contribution in [3.63, 3.8) is 0 Å². The Hall–Kier alpha value is -0.980. The minimum Gasteiger partial charge on any atom is -0.488 e. The molecule has 1 saturated heterocycles. The monoisotopic (exact) mass is 346 g/mol. The summed E-state index contributed by atoms with van der Waals surface area (Å²) in [5.74, 6) is -0.487. The molecule has 0 bridgehead atoms. The van der Waals surface area contributed by atoms with Crippen molar-refractivity contribution in [3.05, 3.63) is 28.0 Å². The van der Waals surface area contributed by atoms with E-state index in [4.69, 9.17) is 14.2 Å². The highest BCUT2D eigenvalue weighted by Gasteiger charge is 2.15. The molecule has 2 rings (SSSR count). The summed E-state index contributed by atoms with van der Waals surface area (Å²) in [5, 5.41) is 0. The average Bonchev–Trinajstić information content (AvgIpc) is 2.49. The Labute approximate surface area is 125 Å². The van der Waals surface area contributed by atoms with Gasteiger partial charge < -0.3 is 14.2 Å². The van der Waals surface area contributed by atoms with Gasteiger partial charge in [-0.3, -0.25) is 4.79 Å². The number of rotatable bonds is 6. The van der Waals surface area contributed by atoms with Gasteiger partial charge in [-0.25, -0.2) is 4.39 Å². The van der Waals surface area contributed by atoms with E-state index in [-0.39, 0.29) is 28.7 Å². The van der Waals surface area contributed by atoms with Crippen molar-refractivity contribution >= 4 is 22.2 Å². The molecule has 1 fully saturated rings. The molecular formula is C14H16BrFO4. The quantitative estimate of drug-likeness (QED) is 0.585. The summed E-state index contributed by atoms with van der Waals surface area (Å²) < 4.78 is 30.1. The van der Waals surface area contributed by atoms with Crippen LogP contribution >= 0.6 is 15.9 Å². The highest BCUT2D eigenvalue weighted by Crippen LogP contribution is 2.27. The molecule has 1 aromatic rings. The summed E-state index contributed by atoms with van der Waals surface area (Å²) in [6, 6.07) is 2.93. The summed E-state index contributed by atoms with van der Waals surface area (Å²) in [5.41, 5.74) is 0.252. The van der Waals surface area contributed by atoms with Gasteiger partial charge in [0, 0.05) is 12.2 Å². The minimum absolute atomic E-state index is 0.0932. The number of ether oxygens (including phenoxy) is 3. The van der Waals surface area contributed by atoms with Gasteiger partial charge in [-0.1, -0.05) is 0 Å². The van der Waals surface area contributed by atoms with Gasteiger partial charge >= 0.3 is 0 Å². The van der Waals surface area contributed by atoms with Crippen LogP contribution in [0.2, 0.25) is 0 Å². The van der Waals surface area contributed by atoms with Crippen LogP contribution in [0.3, 0.4) is 0 Å². The lowest BCUT2D eigenvalue weighted by atomic mass is 10.2. The van der Waals surface area contributed by atoms with Crippen molar-refractivity contribution < 1.29 is 23.4 Å². The molecule has 1 aliphatic heterocycles. The third kappa shape index (κ3) is 4.01. The van der Waals surface area contributed by atoms with Gasteiger partial charge in [-0.2, -0.15) is 0 Å². The fourth-order valence-corrected chi connectivity index (χ4v) is 2.34. The van der Waals surface area contributed by atoms with E-state index in [1.807, 2.05) is 0 Å². The number of benzene rings is 1. The van der Waals surface area contributed by atoms with Gasteiger partial charge in [0.15, 0.2) is 24.1 Å². The molecule has 0 N–H and O–H groups in total. The van der Waals surface area contributed by atoms with E-state index in [0.29, 0.717) is 12.9 Å². The van der Waals surface area contributed by atoms with E-state index < -0.39 is 5.82 Å². The number of carbonyl (C=O) groups is 1. The molecule has 1 aliphatic rings. The first-order chi connectivity index (χ1) is 9.72. The number of hydrogen-bond donors (Lipinski definition) is 0. The van der Waals surface area contributed by atoms with Crippen LogP contribution < -0.4 is 4.74 Å². The fraction of sp³-hybridized carbons (Fsp3) is 0.500. The second kappa shape index (κ2) is 7.71. The molecule has 1 heterocycles. The van der Waals surface area contributed by atoms with Crippen molar-refractivity contribution in [2.75, 3.05) is 19.8 Å². The third-order valence-corrected chi connectivity index (χ3v) is 3.79. The lowest BCUT2D eigenvalue weighted by Gasteiger charge is -2.22. The zero-order valence-electron chi connectivity index (χ0n) is 10.9. The van der Waals surface area contributed by atoms with Gasteiger partial charge in [-0.15, -0.1) is 0 Å². The number of carbonyl (C=O) groups excluding carboxylic acids is 1. The predicted molar refractivity (Wildman–Crippen MR) is 74.5 cm³/mol. The Morgan fingerprint density at radius 1 is 1.40 bits per heavy atom. The maximum absolute atomic E-state index is 13.8. The second-order valence-corrected chi connectivity index (χ2v) is 5.21. The predicted octanol–water partition coefficient (Wildman–Crippen LogP) is 3.32. The Morgan fingerprint density at radius 2 is 2.25 bits per heavy atom. The van der Waals surface area contributed by atoms with Crippen molar-refractivity contribution in [2.45, 2.75) is 25.6 Å². The van der Waals surface area contributed by atoms with E-state index in [0.717, 1.165) is 25.9 Å². The summed E-state index contributed by atoms with van der Waals surface area (Å²) >= 11 is 3.03. The smallest absolute Gasteiger partial charge is 0.179 e. The average molecular weight is 347 g/mol. The first-order valence-electron chi connectivity index (χ1n) is 6.51. The largest absolute Gasteiger partial charge is 0.488 e. The molecule has 0 radical (unpaired) electrons. The molecule has 0 amide bonds. The molecule has 0 saturated carbocycles. The van der Waals surface area contributed by atoms with Crippen molar-refractivity contribution in [1.29, 1.82) is 0 Å².